The van der Waals surface area contributed by atoms with Crippen molar-refractivity contribution in [2.24, 2.45) is 0 Å². The number of allylic oxidation sites excluding steroid dienone is 7. The molecule has 0 saturated carbocycles. The van der Waals surface area contributed by atoms with Crippen LogP contribution in [0.1, 0.15) is 51.9 Å². The summed E-state index contributed by atoms with van der Waals surface area (Å²) in [7, 11) is 0. The van der Waals surface area contributed by atoms with E-state index in [2.05, 4.69) is 12.2 Å². The third-order valence-electron chi connectivity index (χ3n) is 3.57. The topological polar surface area (TPSA) is 98.0 Å². The van der Waals surface area contributed by atoms with E-state index in [0.717, 1.165) is 19.3 Å². The lowest BCUT2D eigenvalue weighted by Gasteiger charge is -2.19. The maximum absolute atomic E-state index is 10.3. The molecule has 3 atom stereocenters. The lowest BCUT2D eigenvalue weighted by molar-refractivity contribution is -0.137. The summed E-state index contributed by atoms with van der Waals surface area (Å²) in [6.07, 6.45) is 16.7. The van der Waals surface area contributed by atoms with Gasteiger partial charge in [0.15, 0.2) is 0 Å². The lowest BCUT2D eigenvalue weighted by Crippen LogP contribution is -2.35. The van der Waals surface area contributed by atoms with Gasteiger partial charge in [0.05, 0.1) is 6.10 Å². The van der Waals surface area contributed by atoms with E-state index in [1.807, 2.05) is 24.3 Å². The van der Waals surface area contributed by atoms with E-state index in [9.17, 15) is 20.1 Å². The minimum Gasteiger partial charge on any atom is -0.481 e. The Bertz CT molecular complexity index is 451. The second kappa shape index (κ2) is 15.8. The quantitative estimate of drug-likeness (QED) is 0.284. The van der Waals surface area contributed by atoms with Crippen molar-refractivity contribution in [1.82, 2.24) is 0 Å². The van der Waals surface area contributed by atoms with Crippen LogP contribution in [0.3, 0.4) is 0 Å². The highest BCUT2D eigenvalue weighted by molar-refractivity contribution is 5.66. The molecule has 0 aliphatic heterocycles. The smallest absolute Gasteiger partial charge is 0.303 e. The number of hydrogen-bond donors (Lipinski definition) is 4. The first-order chi connectivity index (χ1) is 12.0. The molecule has 0 saturated heterocycles. The van der Waals surface area contributed by atoms with Gasteiger partial charge in [-0.05, 0) is 38.5 Å². The molecule has 0 aliphatic rings. The summed E-state index contributed by atoms with van der Waals surface area (Å²) in [4.78, 5) is 10.3. The zero-order valence-corrected chi connectivity index (χ0v) is 15.0. The van der Waals surface area contributed by atoms with Crippen molar-refractivity contribution < 1.29 is 25.2 Å². The molecule has 0 heterocycles. The molecule has 0 aliphatic carbocycles. The minimum absolute atomic E-state index is 0.217. The molecule has 0 radical (unpaired) electrons. The normalized spacial score (nSPS) is 16.3. The van der Waals surface area contributed by atoms with Gasteiger partial charge in [-0.2, -0.15) is 0 Å². The Hall–Kier alpha value is -1.69. The van der Waals surface area contributed by atoms with E-state index in [1.54, 1.807) is 13.0 Å². The van der Waals surface area contributed by atoms with E-state index in [1.165, 1.54) is 6.08 Å². The maximum atomic E-state index is 10.3. The van der Waals surface area contributed by atoms with Crippen molar-refractivity contribution in [2.75, 3.05) is 0 Å². The van der Waals surface area contributed by atoms with Crippen LogP contribution in [0.5, 0.6) is 0 Å². The van der Waals surface area contributed by atoms with Gasteiger partial charge in [0, 0.05) is 6.42 Å². The van der Waals surface area contributed by atoms with Crippen LogP contribution >= 0.6 is 0 Å². The predicted molar refractivity (Wildman–Crippen MR) is 100 cm³/mol. The molecule has 0 aromatic carbocycles. The molecule has 0 amide bonds. The predicted octanol–water partition coefficient (Wildman–Crippen LogP) is 3.13. The summed E-state index contributed by atoms with van der Waals surface area (Å²) < 4.78 is 0. The standard InChI is InChI=1S/C20H32O5/c1-2-17(21)20(25)18(22)15-13-11-9-7-5-3-4-6-8-10-12-14-16-19(23)24/h3-4,7-10,13,15,17-18,20-22,25H,2,5-6,11-12,14,16H2,1H3,(H,23,24)/b4-3-,9-7-,10-8-,15-13-/t17-,18+,20+/m1/s1. The Labute approximate surface area is 150 Å². The van der Waals surface area contributed by atoms with Gasteiger partial charge in [0.25, 0.3) is 0 Å². The Morgan fingerprint density at radius 2 is 1.40 bits per heavy atom. The number of rotatable bonds is 14. The van der Waals surface area contributed by atoms with E-state index < -0.39 is 24.3 Å². The summed E-state index contributed by atoms with van der Waals surface area (Å²) in [5.41, 5.74) is 0. The first kappa shape index (κ1) is 23.3. The van der Waals surface area contributed by atoms with Crippen LogP contribution in [0.2, 0.25) is 0 Å². The highest BCUT2D eigenvalue weighted by atomic mass is 16.4. The lowest BCUT2D eigenvalue weighted by atomic mass is 10.1. The number of hydrogen-bond acceptors (Lipinski definition) is 4. The third-order valence-corrected chi connectivity index (χ3v) is 3.57. The van der Waals surface area contributed by atoms with E-state index >= 15 is 0 Å². The summed E-state index contributed by atoms with van der Waals surface area (Å²) >= 11 is 0. The van der Waals surface area contributed by atoms with E-state index in [0.29, 0.717) is 19.3 Å². The van der Waals surface area contributed by atoms with Crippen molar-refractivity contribution >= 4 is 5.97 Å². The van der Waals surface area contributed by atoms with Crippen LogP contribution in [0.15, 0.2) is 48.6 Å². The number of aliphatic hydroxyl groups is 3. The molecule has 4 N–H and O–H groups in total. The first-order valence-corrected chi connectivity index (χ1v) is 8.86. The summed E-state index contributed by atoms with van der Waals surface area (Å²) in [6.45, 7) is 1.75. The highest BCUT2D eigenvalue weighted by Crippen LogP contribution is 2.05. The molecule has 0 aromatic rings. The highest BCUT2D eigenvalue weighted by Gasteiger charge is 2.20. The molecule has 0 rings (SSSR count). The molecule has 5 heteroatoms. The van der Waals surface area contributed by atoms with Crippen molar-refractivity contribution in [3.05, 3.63) is 48.6 Å². The van der Waals surface area contributed by atoms with Crippen LogP contribution in [-0.4, -0.2) is 44.7 Å². The van der Waals surface area contributed by atoms with Crippen LogP contribution < -0.4 is 0 Å². The Kier molecular flexibility index (Phi) is 14.7. The van der Waals surface area contributed by atoms with Gasteiger partial charge in [-0.25, -0.2) is 0 Å². The molecule has 0 bridgehead atoms. The summed E-state index contributed by atoms with van der Waals surface area (Å²) in [5.74, 6) is -0.751. The Morgan fingerprint density at radius 3 is 1.92 bits per heavy atom. The number of carbonyl (C=O) groups is 1. The van der Waals surface area contributed by atoms with Crippen LogP contribution in [0.25, 0.3) is 0 Å². The molecule has 5 nitrogen and oxygen atoms in total. The second-order valence-electron chi connectivity index (χ2n) is 5.79. The zero-order valence-electron chi connectivity index (χ0n) is 15.0. The van der Waals surface area contributed by atoms with Crippen molar-refractivity contribution in [3.63, 3.8) is 0 Å². The molecule has 0 fully saturated rings. The molecular weight excluding hydrogens is 320 g/mol. The van der Waals surface area contributed by atoms with Crippen LogP contribution in [-0.2, 0) is 4.79 Å². The number of carboxylic acid groups (broad SMARTS) is 1. The van der Waals surface area contributed by atoms with Crippen LogP contribution in [0, 0.1) is 0 Å². The van der Waals surface area contributed by atoms with E-state index in [-0.39, 0.29) is 6.42 Å². The SMILES string of the molecule is CC[C@@H](O)[C@H](O)[C@@H](O)/C=C\C/C=C\C/C=C\C/C=C\CCCC(=O)O. The fourth-order valence-corrected chi connectivity index (χ4v) is 2.01. The molecule has 25 heavy (non-hydrogen) atoms. The number of carboxylic acids is 1. The maximum Gasteiger partial charge on any atom is 0.303 e. The number of aliphatic hydroxyl groups excluding tert-OH is 3. The molecular formula is C20H32O5. The van der Waals surface area contributed by atoms with Gasteiger partial charge in [-0.3, -0.25) is 4.79 Å². The van der Waals surface area contributed by atoms with Crippen LogP contribution in [0.4, 0.5) is 0 Å². The molecule has 0 spiro atoms. The fraction of sp³-hybridized carbons (Fsp3) is 0.550. The Morgan fingerprint density at radius 1 is 0.880 bits per heavy atom. The average Bonchev–Trinajstić information content (AvgIpc) is 2.60. The number of aliphatic carboxylic acids is 1. The Balaban J connectivity index is 3.73. The van der Waals surface area contributed by atoms with E-state index in [4.69, 9.17) is 5.11 Å². The summed E-state index contributed by atoms with van der Waals surface area (Å²) in [6, 6.07) is 0. The summed E-state index contributed by atoms with van der Waals surface area (Å²) in [5, 5.41) is 37.2. The van der Waals surface area contributed by atoms with Gasteiger partial charge in [0.2, 0.25) is 0 Å². The van der Waals surface area contributed by atoms with Gasteiger partial charge in [-0.15, -0.1) is 0 Å². The largest absolute Gasteiger partial charge is 0.481 e. The fourth-order valence-electron chi connectivity index (χ4n) is 2.01. The average molecular weight is 352 g/mol. The molecule has 0 unspecified atom stereocenters. The van der Waals surface area contributed by atoms with Gasteiger partial charge < -0.3 is 20.4 Å². The first-order valence-electron chi connectivity index (χ1n) is 8.86. The van der Waals surface area contributed by atoms with Gasteiger partial charge in [-0.1, -0.05) is 55.5 Å². The molecule has 142 valence electrons. The van der Waals surface area contributed by atoms with Gasteiger partial charge in [0.1, 0.15) is 12.2 Å². The zero-order chi connectivity index (χ0) is 18.9. The monoisotopic (exact) mass is 352 g/mol. The van der Waals surface area contributed by atoms with Crippen molar-refractivity contribution in [2.45, 2.75) is 70.2 Å². The molecule has 0 aromatic heterocycles. The number of unbranched alkanes of at least 4 members (excludes halogenated alkanes) is 1. The second-order valence-corrected chi connectivity index (χ2v) is 5.79. The van der Waals surface area contributed by atoms with Gasteiger partial charge >= 0.3 is 5.97 Å². The third kappa shape index (κ3) is 14.4. The van der Waals surface area contributed by atoms with Crippen molar-refractivity contribution in [1.29, 1.82) is 0 Å². The van der Waals surface area contributed by atoms with Crippen molar-refractivity contribution in [3.8, 4) is 0 Å². The minimum atomic E-state index is -1.15.